The molecule has 0 spiro atoms. The molecule has 9 N–H and O–H groups in total. The molecule has 0 bridgehead atoms. The van der Waals surface area contributed by atoms with Gasteiger partial charge in [0.25, 0.3) is 0 Å². The monoisotopic (exact) mass is 455 g/mol. The molecular formula is C20H37N7O5. The summed E-state index contributed by atoms with van der Waals surface area (Å²) >= 11 is 0. The molecule has 0 radical (unpaired) electrons. The van der Waals surface area contributed by atoms with Gasteiger partial charge < -0.3 is 37.8 Å². The van der Waals surface area contributed by atoms with Gasteiger partial charge >= 0.3 is 5.97 Å². The molecule has 182 valence electrons. The van der Waals surface area contributed by atoms with Crippen LogP contribution in [-0.4, -0.2) is 76.9 Å². The normalized spacial score (nSPS) is 18.5. The van der Waals surface area contributed by atoms with E-state index in [1.54, 1.807) is 0 Å². The van der Waals surface area contributed by atoms with Crippen molar-refractivity contribution in [3.05, 3.63) is 0 Å². The predicted molar refractivity (Wildman–Crippen MR) is 119 cm³/mol. The minimum atomic E-state index is -1.08. The molecule has 1 heterocycles. The van der Waals surface area contributed by atoms with Crippen LogP contribution in [0.25, 0.3) is 0 Å². The third-order valence-electron chi connectivity index (χ3n) is 5.19. The largest absolute Gasteiger partial charge is 0.480 e. The smallest absolute Gasteiger partial charge is 0.326 e. The van der Waals surface area contributed by atoms with E-state index < -0.39 is 47.9 Å². The molecule has 12 nitrogen and oxygen atoms in total. The van der Waals surface area contributed by atoms with E-state index in [0.717, 1.165) is 0 Å². The minimum absolute atomic E-state index is 0.0866. The molecule has 0 aromatic rings. The molecule has 4 atom stereocenters. The maximum Gasteiger partial charge on any atom is 0.326 e. The standard InChI is InChI=1S/C20H37N7O5/c1-11(2)10-13(21)17(29)25-12(3)16(28)26-14(6-4-8-24-20(22)23)18(30)27-9-5-7-15(27)19(31)32/h11-15H,4-10,21H2,1-3H3,(H,25,29)(H,26,28)(H,31,32)(H4,22,23,24). The van der Waals surface area contributed by atoms with Crippen molar-refractivity contribution in [3.8, 4) is 0 Å². The summed E-state index contributed by atoms with van der Waals surface area (Å²) in [5, 5.41) is 14.6. The van der Waals surface area contributed by atoms with Gasteiger partial charge in [-0.15, -0.1) is 0 Å². The van der Waals surface area contributed by atoms with Crippen LogP contribution in [0.15, 0.2) is 4.99 Å². The Kier molecular flexibility index (Phi) is 10.9. The highest BCUT2D eigenvalue weighted by molar-refractivity contribution is 5.94. The summed E-state index contributed by atoms with van der Waals surface area (Å²) in [5.41, 5.74) is 16.5. The van der Waals surface area contributed by atoms with Crippen molar-refractivity contribution in [1.82, 2.24) is 15.5 Å². The number of aliphatic carboxylic acids is 1. The van der Waals surface area contributed by atoms with Gasteiger partial charge in [0, 0.05) is 13.1 Å². The lowest BCUT2D eigenvalue weighted by atomic mass is 10.0. The second-order valence-corrected chi connectivity index (χ2v) is 8.50. The van der Waals surface area contributed by atoms with E-state index in [4.69, 9.17) is 17.2 Å². The third-order valence-corrected chi connectivity index (χ3v) is 5.19. The van der Waals surface area contributed by atoms with Gasteiger partial charge in [0.1, 0.15) is 18.1 Å². The number of nitrogens with one attached hydrogen (secondary N) is 2. The van der Waals surface area contributed by atoms with E-state index in [1.807, 2.05) is 13.8 Å². The van der Waals surface area contributed by atoms with Crippen LogP contribution in [0.2, 0.25) is 0 Å². The Labute approximate surface area is 188 Å². The van der Waals surface area contributed by atoms with E-state index in [2.05, 4.69) is 15.6 Å². The zero-order valence-corrected chi connectivity index (χ0v) is 19.0. The molecule has 3 amide bonds. The lowest BCUT2D eigenvalue weighted by molar-refractivity contribution is -0.149. The summed E-state index contributed by atoms with van der Waals surface area (Å²) in [6.07, 6.45) is 1.99. The first kappa shape index (κ1) is 27.1. The minimum Gasteiger partial charge on any atom is -0.480 e. The second-order valence-electron chi connectivity index (χ2n) is 8.50. The number of nitrogens with two attached hydrogens (primary N) is 3. The topological polar surface area (TPSA) is 206 Å². The van der Waals surface area contributed by atoms with Crippen molar-refractivity contribution in [2.45, 2.75) is 77.0 Å². The summed E-state index contributed by atoms with van der Waals surface area (Å²) < 4.78 is 0. The Bertz CT molecular complexity index is 708. The molecule has 0 aliphatic carbocycles. The zero-order chi connectivity index (χ0) is 24.4. The number of rotatable bonds is 12. The number of amides is 3. The van der Waals surface area contributed by atoms with Gasteiger partial charge in [-0.05, 0) is 44.9 Å². The first-order chi connectivity index (χ1) is 14.9. The average Bonchev–Trinajstić information content (AvgIpc) is 3.18. The number of likely N-dealkylation sites (tertiary alicyclic amines) is 1. The van der Waals surface area contributed by atoms with E-state index in [0.29, 0.717) is 32.2 Å². The number of carbonyl (C=O) groups is 4. The highest BCUT2D eigenvalue weighted by atomic mass is 16.4. The summed E-state index contributed by atoms with van der Waals surface area (Å²) in [6.45, 7) is 5.91. The molecule has 0 aromatic carbocycles. The Morgan fingerprint density at radius 2 is 1.78 bits per heavy atom. The number of aliphatic imine (C=N–C) groups is 1. The van der Waals surface area contributed by atoms with Gasteiger partial charge in [-0.2, -0.15) is 0 Å². The Morgan fingerprint density at radius 3 is 2.34 bits per heavy atom. The van der Waals surface area contributed by atoms with Crippen molar-refractivity contribution in [1.29, 1.82) is 0 Å². The van der Waals surface area contributed by atoms with Crippen LogP contribution in [0.3, 0.4) is 0 Å². The van der Waals surface area contributed by atoms with Crippen molar-refractivity contribution in [3.63, 3.8) is 0 Å². The SMILES string of the molecule is CC(C)CC(N)C(=O)NC(C)C(=O)NC(CCCN=C(N)N)C(=O)N1CCCC1C(=O)O. The molecule has 1 rings (SSSR count). The predicted octanol–water partition coefficient (Wildman–Crippen LogP) is -1.52. The van der Waals surface area contributed by atoms with Gasteiger partial charge in [-0.25, -0.2) is 4.79 Å². The fourth-order valence-corrected chi connectivity index (χ4v) is 3.55. The fraction of sp³-hybridized carbons (Fsp3) is 0.750. The number of carboxylic acids is 1. The quantitative estimate of drug-likeness (QED) is 0.115. The van der Waals surface area contributed by atoms with E-state index >= 15 is 0 Å². The van der Waals surface area contributed by atoms with Crippen LogP contribution in [0.5, 0.6) is 0 Å². The average molecular weight is 456 g/mol. The van der Waals surface area contributed by atoms with Crippen LogP contribution in [0.1, 0.15) is 52.9 Å². The molecule has 0 saturated carbocycles. The van der Waals surface area contributed by atoms with E-state index in [-0.39, 0.29) is 24.8 Å². The zero-order valence-electron chi connectivity index (χ0n) is 19.0. The first-order valence-corrected chi connectivity index (χ1v) is 10.9. The maximum absolute atomic E-state index is 13.1. The molecular weight excluding hydrogens is 418 g/mol. The lowest BCUT2D eigenvalue weighted by Crippen LogP contribution is -2.56. The summed E-state index contributed by atoms with van der Waals surface area (Å²) in [6, 6.07) is -3.57. The highest BCUT2D eigenvalue weighted by Crippen LogP contribution is 2.19. The van der Waals surface area contributed by atoms with Crippen molar-refractivity contribution < 1.29 is 24.3 Å². The van der Waals surface area contributed by atoms with Crippen molar-refractivity contribution >= 4 is 29.7 Å². The van der Waals surface area contributed by atoms with Crippen LogP contribution in [-0.2, 0) is 19.2 Å². The van der Waals surface area contributed by atoms with Crippen molar-refractivity contribution in [2.75, 3.05) is 13.1 Å². The van der Waals surface area contributed by atoms with Crippen LogP contribution in [0, 0.1) is 5.92 Å². The highest BCUT2D eigenvalue weighted by Gasteiger charge is 2.37. The van der Waals surface area contributed by atoms with Crippen molar-refractivity contribution in [2.24, 2.45) is 28.1 Å². The van der Waals surface area contributed by atoms with E-state index in [1.165, 1.54) is 11.8 Å². The maximum atomic E-state index is 13.1. The number of nitrogens with zero attached hydrogens (tertiary/aromatic N) is 2. The first-order valence-electron chi connectivity index (χ1n) is 10.9. The number of hydrogen-bond acceptors (Lipinski definition) is 6. The molecule has 1 aliphatic rings. The third kappa shape index (κ3) is 8.69. The molecule has 1 saturated heterocycles. The second kappa shape index (κ2) is 12.8. The summed E-state index contributed by atoms with van der Waals surface area (Å²) in [4.78, 5) is 54.6. The van der Waals surface area contributed by atoms with E-state index in [9.17, 15) is 24.3 Å². The van der Waals surface area contributed by atoms with Gasteiger partial charge in [-0.1, -0.05) is 13.8 Å². The summed E-state index contributed by atoms with van der Waals surface area (Å²) in [5.74, 6) is -2.46. The number of carboxylic acid groups (broad SMARTS) is 1. The molecule has 1 aliphatic heterocycles. The van der Waals surface area contributed by atoms with Gasteiger partial charge in [0.15, 0.2) is 5.96 Å². The fourth-order valence-electron chi connectivity index (χ4n) is 3.55. The number of guanidine groups is 1. The van der Waals surface area contributed by atoms with Crippen LogP contribution in [0.4, 0.5) is 0 Å². The molecule has 4 unspecified atom stereocenters. The Balaban J connectivity index is 2.83. The summed E-state index contributed by atoms with van der Waals surface area (Å²) in [7, 11) is 0. The van der Waals surface area contributed by atoms with Gasteiger partial charge in [0.05, 0.1) is 6.04 Å². The number of hydrogen-bond donors (Lipinski definition) is 6. The van der Waals surface area contributed by atoms with Gasteiger partial charge in [0.2, 0.25) is 17.7 Å². The Hall–Kier alpha value is -2.89. The molecule has 32 heavy (non-hydrogen) atoms. The van der Waals surface area contributed by atoms with Crippen LogP contribution >= 0.6 is 0 Å². The molecule has 12 heteroatoms. The molecule has 1 fully saturated rings. The van der Waals surface area contributed by atoms with Crippen LogP contribution < -0.4 is 27.8 Å². The molecule has 0 aromatic heterocycles. The van der Waals surface area contributed by atoms with Gasteiger partial charge in [-0.3, -0.25) is 19.4 Å². The lowest BCUT2D eigenvalue weighted by Gasteiger charge is -2.28. The number of carbonyl (C=O) groups excluding carboxylic acids is 3. The Morgan fingerprint density at radius 1 is 1.12 bits per heavy atom.